The maximum absolute atomic E-state index is 9.91. The lowest BCUT2D eigenvalue weighted by Crippen LogP contribution is -2.16. The third kappa shape index (κ3) is 6.24. The zero-order valence-electron chi connectivity index (χ0n) is 12.0. The highest BCUT2D eigenvalue weighted by Gasteiger charge is 2.09. The summed E-state index contributed by atoms with van der Waals surface area (Å²) in [5.74, 6) is 3.24. The second kappa shape index (κ2) is 7.13. The van der Waals surface area contributed by atoms with Crippen LogP contribution >= 0.6 is 0 Å². The van der Waals surface area contributed by atoms with E-state index in [9.17, 15) is 5.11 Å². The second-order valence-electron chi connectivity index (χ2n) is 5.54. The molecular weight excluding hydrogens is 248 g/mol. The van der Waals surface area contributed by atoms with Crippen LogP contribution in [0.25, 0.3) is 5.57 Å². The molecule has 0 heterocycles. The van der Waals surface area contributed by atoms with E-state index in [1.165, 1.54) is 0 Å². The van der Waals surface area contributed by atoms with E-state index in [1.54, 1.807) is 6.08 Å². The Morgan fingerprint density at radius 2 is 1.95 bits per heavy atom. The van der Waals surface area contributed by atoms with Gasteiger partial charge in [-0.2, -0.15) is 0 Å². The molecule has 1 N–H and O–H groups in total. The summed E-state index contributed by atoms with van der Waals surface area (Å²) < 4.78 is 0. The molecule has 1 unspecified atom stereocenters. The molecule has 1 atom stereocenters. The average molecular weight is 270 g/mol. The van der Waals surface area contributed by atoms with Gasteiger partial charge in [0, 0.05) is 5.57 Å². The smallest absolute Gasteiger partial charge is 0.129 e. The Bertz CT molecular complexity index is 498. The molecule has 0 fully saturated rings. The van der Waals surface area contributed by atoms with Crippen LogP contribution in [-0.4, -0.2) is 19.3 Å². The highest BCUT2D eigenvalue weighted by atomic mass is 28.3. The lowest BCUT2D eigenvalue weighted by atomic mass is 10.0. The molecule has 0 spiro atoms. The number of allylic oxidation sites excluding steroid dienone is 1. The van der Waals surface area contributed by atoms with Gasteiger partial charge >= 0.3 is 0 Å². The van der Waals surface area contributed by atoms with Crippen molar-refractivity contribution in [2.45, 2.75) is 32.2 Å². The molecule has 1 nitrogen and oxygen atoms in total. The molecule has 0 aliphatic rings. The number of hydrogen-bond acceptors (Lipinski definition) is 1. The van der Waals surface area contributed by atoms with Gasteiger partial charge in [0.1, 0.15) is 8.07 Å². The van der Waals surface area contributed by atoms with Crippen molar-refractivity contribution in [1.82, 2.24) is 0 Å². The lowest BCUT2D eigenvalue weighted by molar-refractivity contribution is 0.227. The van der Waals surface area contributed by atoms with Gasteiger partial charge < -0.3 is 5.11 Å². The van der Waals surface area contributed by atoms with E-state index in [-0.39, 0.29) is 0 Å². The Labute approximate surface area is 117 Å². The first-order valence-electron chi connectivity index (χ1n) is 6.52. The molecule has 1 aromatic rings. The molecule has 0 bridgehead atoms. The SMILES string of the molecule is C=CCC(O)/C=C(/C#C[Si](C)(C)C)c1ccccc1. The van der Waals surface area contributed by atoms with E-state index < -0.39 is 14.2 Å². The van der Waals surface area contributed by atoms with E-state index in [1.807, 2.05) is 36.4 Å². The van der Waals surface area contributed by atoms with Gasteiger partial charge in [-0.15, -0.1) is 12.1 Å². The molecule has 0 aromatic heterocycles. The number of benzene rings is 1. The Morgan fingerprint density at radius 1 is 1.32 bits per heavy atom. The maximum atomic E-state index is 9.91. The van der Waals surface area contributed by atoms with Gasteiger partial charge in [-0.1, -0.05) is 62.0 Å². The van der Waals surface area contributed by atoms with Gasteiger partial charge in [-0.05, 0) is 18.1 Å². The first kappa shape index (κ1) is 15.5. The summed E-state index contributed by atoms with van der Waals surface area (Å²) in [4.78, 5) is 0. The first-order valence-corrected chi connectivity index (χ1v) is 10.0. The summed E-state index contributed by atoms with van der Waals surface area (Å²) in [5, 5.41) is 9.91. The minimum atomic E-state index is -1.43. The summed E-state index contributed by atoms with van der Waals surface area (Å²) in [6, 6.07) is 9.99. The fourth-order valence-electron chi connectivity index (χ4n) is 1.51. The summed E-state index contributed by atoms with van der Waals surface area (Å²) >= 11 is 0. The Balaban J connectivity index is 3.11. The van der Waals surface area contributed by atoms with Crippen LogP contribution in [0.5, 0.6) is 0 Å². The van der Waals surface area contributed by atoms with E-state index in [0.29, 0.717) is 6.42 Å². The third-order valence-electron chi connectivity index (χ3n) is 2.42. The molecule has 0 radical (unpaired) electrons. The monoisotopic (exact) mass is 270 g/mol. The molecule has 0 saturated heterocycles. The molecule has 0 saturated carbocycles. The van der Waals surface area contributed by atoms with Gasteiger partial charge in [0.2, 0.25) is 0 Å². The number of hydrogen-bond donors (Lipinski definition) is 1. The highest BCUT2D eigenvalue weighted by molar-refractivity contribution is 6.84. The van der Waals surface area contributed by atoms with Crippen molar-refractivity contribution in [3.05, 3.63) is 54.6 Å². The predicted molar refractivity (Wildman–Crippen MR) is 86.4 cm³/mol. The quantitative estimate of drug-likeness (QED) is 0.500. The van der Waals surface area contributed by atoms with Crippen molar-refractivity contribution < 1.29 is 5.11 Å². The normalized spacial score (nSPS) is 13.4. The third-order valence-corrected chi connectivity index (χ3v) is 3.30. The van der Waals surface area contributed by atoms with Crippen LogP contribution in [0.15, 0.2) is 49.1 Å². The molecule has 19 heavy (non-hydrogen) atoms. The zero-order valence-corrected chi connectivity index (χ0v) is 13.0. The van der Waals surface area contributed by atoms with Crippen molar-refractivity contribution in [1.29, 1.82) is 0 Å². The van der Waals surface area contributed by atoms with Gasteiger partial charge in [0.15, 0.2) is 0 Å². The van der Waals surface area contributed by atoms with Crippen LogP contribution in [0.1, 0.15) is 12.0 Å². The Hall–Kier alpha value is -1.56. The standard InChI is InChI=1S/C17H22OSi/c1-5-9-17(18)14-16(12-13-19(2,3)4)15-10-7-6-8-11-15/h5-8,10-11,14,17-18H,1,9H2,2-4H3/b16-14-. The Kier molecular flexibility index (Phi) is 5.82. The Morgan fingerprint density at radius 3 is 2.47 bits per heavy atom. The van der Waals surface area contributed by atoms with Crippen LogP contribution in [0.3, 0.4) is 0 Å². The fourth-order valence-corrected chi connectivity index (χ4v) is 2.02. The van der Waals surface area contributed by atoms with Crippen molar-refractivity contribution in [2.24, 2.45) is 0 Å². The van der Waals surface area contributed by atoms with Crippen molar-refractivity contribution >= 4 is 13.6 Å². The number of aliphatic hydroxyl groups is 1. The molecular formula is C17H22OSi. The molecule has 2 heteroatoms. The van der Waals surface area contributed by atoms with Crippen LogP contribution < -0.4 is 0 Å². The van der Waals surface area contributed by atoms with E-state index in [0.717, 1.165) is 11.1 Å². The highest BCUT2D eigenvalue weighted by Crippen LogP contribution is 2.15. The van der Waals surface area contributed by atoms with Gasteiger partial charge in [-0.25, -0.2) is 0 Å². The van der Waals surface area contributed by atoms with Crippen LogP contribution in [0.2, 0.25) is 19.6 Å². The van der Waals surface area contributed by atoms with Crippen molar-refractivity contribution in [3.8, 4) is 11.5 Å². The van der Waals surface area contributed by atoms with Gasteiger partial charge in [-0.3, -0.25) is 0 Å². The molecule has 0 aliphatic heterocycles. The molecule has 1 rings (SSSR count). The number of aliphatic hydroxyl groups excluding tert-OH is 1. The minimum absolute atomic E-state index is 0.524. The zero-order chi connectivity index (χ0) is 14.3. The molecule has 1 aromatic carbocycles. The van der Waals surface area contributed by atoms with E-state index in [2.05, 4.69) is 37.7 Å². The summed E-state index contributed by atoms with van der Waals surface area (Å²) in [6.07, 6.45) is 3.56. The molecule has 0 aliphatic carbocycles. The summed E-state index contributed by atoms with van der Waals surface area (Å²) in [6.45, 7) is 10.3. The lowest BCUT2D eigenvalue weighted by Gasteiger charge is -2.07. The van der Waals surface area contributed by atoms with Gasteiger partial charge in [0.25, 0.3) is 0 Å². The molecule has 100 valence electrons. The van der Waals surface area contributed by atoms with E-state index in [4.69, 9.17) is 0 Å². The summed E-state index contributed by atoms with van der Waals surface area (Å²) in [7, 11) is -1.43. The minimum Gasteiger partial charge on any atom is -0.389 e. The second-order valence-corrected chi connectivity index (χ2v) is 10.3. The van der Waals surface area contributed by atoms with Crippen LogP contribution in [0, 0.1) is 11.5 Å². The van der Waals surface area contributed by atoms with Gasteiger partial charge in [0.05, 0.1) is 6.10 Å². The molecule has 0 amide bonds. The van der Waals surface area contributed by atoms with Crippen molar-refractivity contribution in [3.63, 3.8) is 0 Å². The predicted octanol–water partition coefficient (Wildman–Crippen LogP) is 3.89. The van der Waals surface area contributed by atoms with Crippen molar-refractivity contribution in [2.75, 3.05) is 0 Å². The van der Waals surface area contributed by atoms with Crippen LogP contribution in [-0.2, 0) is 0 Å². The van der Waals surface area contributed by atoms with Crippen LogP contribution in [0.4, 0.5) is 0 Å². The van der Waals surface area contributed by atoms with E-state index >= 15 is 0 Å². The maximum Gasteiger partial charge on any atom is 0.129 e. The first-order chi connectivity index (χ1) is 8.92. The number of rotatable bonds is 4. The topological polar surface area (TPSA) is 20.2 Å². The summed E-state index contributed by atoms with van der Waals surface area (Å²) in [5.41, 5.74) is 5.30. The average Bonchev–Trinajstić information content (AvgIpc) is 2.35. The fraction of sp³-hybridized carbons (Fsp3) is 0.294. The largest absolute Gasteiger partial charge is 0.389 e.